The number of nitrogens with two attached hydrogens (primary N) is 1. The van der Waals surface area contributed by atoms with Gasteiger partial charge in [0.15, 0.2) is 0 Å². The topological polar surface area (TPSA) is 43.1 Å². The van der Waals surface area contributed by atoms with Crippen LogP contribution >= 0.6 is 0 Å². The lowest BCUT2D eigenvalue weighted by atomic mass is 9.77. The molecule has 0 aromatic heterocycles. The van der Waals surface area contributed by atoms with E-state index in [9.17, 15) is 4.79 Å². The summed E-state index contributed by atoms with van der Waals surface area (Å²) in [5.74, 6) is -0.0769. The van der Waals surface area contributed by atoms with Crippen molar-refractivity contribution in [1.82, 2.24) is 0 Å². The number of hydrogen-bond donors (Lipinski definition) is 1. The van der Waals surface area contributed by atoms with Crippen molar-refractivity contribution in [3.63, 3.8) is 0 Å². The SMILES string of the molecule is CCC1(C(N)=O)CCCCCC1. The Morgan fingerprint density at radius 3 is 2.08 bits per heavy atom. The van der Waals surface area contributed by atoms with Crippen molar-refractivity contribution in [2.75, 3.05) is 0 Å². The molecule has 1 rings (SSSR count). The van der Waals surface area contributed by atoms with E-state index in [1.165, 1.54) is 25.7 Å². The minimum atomic E-state index is -0.156. The first kappa shape index (κ1) is 9.56. The zero-order valence-corrected chi connectivity index (χ0v) is 7.94. The molecule has 0 bridgehead atoms. The molecule has 0 spiro atoms. The van der Waals surface area contributed by atoms with Gasteiger partial charge < -0.3 is 5.73 Å². The number of amides is 1. The lowest BCUT2D eigenvalue weighted by Crippen LogP contribution is -2.36. The van der Waals surface area contributed by atoms with E-state index in [4.69, 9.17) is 5.73 Å². The molecule has 1 amide bonds. The third kappa shape index (κ3) is 1.79. The maximum Gasteiger partial charge on any atom is 0.223 e. The van der Waals surface area contributed by atoms with Crippen LogP contribution in [0.3, 0.4) is 0 Å². The van der Waals surface area contributed by atoms with Gasteiger partial charge in [0.1, 0.15) is 0 Å². The molecule has 0 unspecified atom stereocenters. The molecule has 2 nitrogen and oxygen atoms in total. The van der Waals surface area contributed by atoms with Gasteiger partial charge in [-0.1, -0.05) is 32.6 Å². The monoisotopic (exact) mass is 169 g/mol. The van der Waals surface area contributed by atoms with Crippen LogP contribution in [0.5, 0.6) is 0 Å². The average molecular weight is 169 g/mol. The van der Waals surface area contributed by atoms with Gasteiger partial charge in [-0.05, 0) is 19.3 Å². The Labute approximate surface area is 74.5 Å². The van der Waals surface area contributed by atoms with Crippen LogP contribution in [0.4, 0.5) is 0 Å². The van der Waals surface area contributed by atoms with Crippen molar-refractivity contribution in [2.45, 2.75) is 51.9 Å². The van der Waals surface area contributed by atoms with Crippen molar-refractivity contribution < 1.29 is 4.79 Å². The second-order valence-electron chi connectivity index (χ2n) is 3.91. The molecule has 0 aromatic rings. The highest BCUT2D eigenvalue weighted by Gasteiger charge is 2.34. The Balaban J connectivity index is 2.68. The van der Waals surface area contributed by atoms with E-state index in [1.54, 1.807) is 0 Å². The minimum Gasteiger partial charge on any atom is -0.369 e. The molecular weight excluding hydrogens is 150 g/mol. The standard InChI is InChI=1S/C10H19NO/c1-2-10(9(11)12)7-5-3-4-6-8-10/h2-8H2,1H3,(H2,11,12). The molecule has 2 N–H and O–H groups in total. The Hall–Kier alpha value is -0.530. The largest absolute Gasteiger partial charge is 0.369 e. The summed E-state index contributed by atoms with van der Waals surface area (Å²) in [7, 11) is 0. The molecule has 0 heterocycles. The maximum absolute atomic E-state index is 11.3. The quantitative estimate of drug-likeness (QED) is 0.633. The van der Waals surface area contributed by atoms with Gasteiger partial charge in [0.25, 0.3) is 0 Å². The van der Waals surface area contributed by atoms with Crippen LogP contribution < -0.4 is 5.73 Å². The summed E-state index contributed by atoms with van der Waals surface area (Å²) in [6, 6.07) is 0. The van der Waals surface area contributed by atoms with E-state index in [1.807, 2.05) is 0 Å². The van der Waals surface area contributed by atoms with Gasteiger partial charge >= 0.3 is 0 Å². The molecule has 0 radical (unpaired) electrons. The summed E-state index contributed by atoms with van der Waals surface area (Å²) in [5.41, 5.74) is 5.29. The first-order valence-corrected chi connectivity index (χ1v) is 5.01. The molecule has 0 atom stereocenters. The maximum atomic E-state index is 11.3. The fraction of sp³-hybridized carbons (Fsp3) is 0.900. The molecular formula is C10H19NO. The van der Waals surface area contributed by atoms with Crippen LogP contribution in [-0.2, 0) is 4.79 Å². The summed E-state index contributed by atoms with van der Waals surface area (Å²) < 4.78 is 0. The van der Waals surface area contributed by atoms with Crippen molar-refractivity contribution in [3.8, 4) is 0 Å². The van der Waals surface area contributed by atoms with Crippen LogP contribution in [0.2, 0.25) is 0 Å². The number of primary amides is 1. The van der Waals surface area contributed by atoms with Crippen LogP contribution in [0.1, 0.15) is 51.9 Å². The third-order valence-corrected chi connectivity index (χ3v) is 3.26. The third-order valence-electron chi connectivity index (χ3n) is 3.26. The van der Waals surface area contributed by atoms with Crippen molar-refractivity contribution in [3.05, 3.63) is 0 Å². The van der Waals surface area contributed by atoms with E-state index in [2.05, 4.69) is 6.92 Å². The highest BCUT2D eigenvalue weighted by Crippen LogP contribution is 2.37. The average Bonchev–Trinajstić information content (AvgIpc) is 2.29. The van der Waals surface area contributed by atoms with Gasteiger partial charge in [0, 0.05) is 5.41 Å². The zero-order valence-electron chi connectivity index (χ0n) is 7.94. The fourth-order valence-corrected chi connectivity index (χ4v) is 2.18. The highest BCUT2D eigenvalue weighted by molar-refractivity contribution is 5.80. The smallest absolute Gasteiger partial charge is 0.223 e. The van der Waals surface area contributed by atoms with Crippen molar-refractivity contribution in [1.29, 1.82) is 0 Å². The van der Waals surface area contributed by atoms with Gasteiger partial charge in [-0.25, -0.2) is 0 Å². The normalized spacial score (nSPS) is 23.1. The van der Waals surface area contributed by atoms with Gasteiger partial charge in [-0.15, -0.1) is 0 Å². The van der Waals surface area contributed by atoms with E-state index in [0.29, 0.717) is 0 Å². The lowest BCUT2D eigenvalue weighted by molar-refractivity contribution is -0.128. The molecule has 0 aromatic carbocycles. The van der Waals surface area contributed by atoms with Gasteiger partial charge in [0.2, 0.25) is 5.91 Å². The number of carbonyl (C=O) groups excluding carboxylic acids is 1. The number of rotatable bonds is 2. The molecule has 0 aliphatic heterocycles. The van der Waals surface area contributed by atoms with Gasteiger partial charge in [-0.3, -0.25) is 4.79 Å². The van der Waals surface area contributed by atoms with Crippen LogP contribution in [0.25, 0.3) is 0 Å². The van der Waals surface area contributed by atoms with Crippen molar-refractivity contribution >= 4 is 5.91 Å². The molecule has 12 heavy (non-hydrogen) atoms. The number of carbonyl (C=O) groups is 1. The molecule has 1 aliphatic carbocycles. The second kappa shape index (κ2) is 3.92. The van der Waals surface area contributed by atoms with E-state index in [0.717, 1.165) is 19.3 Å². The molecule has 1 saturated carbocycles. The summed E-state index contributed by atoms with van der Waals surface area (Å²) in [4.78, 5) is 11.3. The minimum absolute atomic E-state index is 0.0769. The first-order chi connectivity index (χ1) is 5.71. The lowest BCUT2D eigenvalue weighted by Gasteiger charge is -2.27. The summed E-state index contributed by atoms with van der Waals surface area (Å²) >= 11 is 0. The summed E-state index contributed by atoms with van der Waals surface area (Å²) in [6.07, 6.45) is 7.84. The molecule has 2 heteroatoms. The Morgan fingerprint density at radius 1 is 1.25 bits per heavy atom. The van der Waals surface area contributed by atoms with Gasteiger partial charge in [0.05, 0.1) is 0 Å². The predicted molar refractivity (Wildman–Crippen MR) is 49.6 cm³/mol. The fourth-order valence-electron chi connectivity index (χ4n) is 2.18. The molecule has 1 aliphatic rings. The first-order valence-electron chi connectivity index (χ1n) is 5.01. The molecule has 70 valence electrons. The van der Waals surface area contributed by atoms with E-state index < -0.39 is 0 Å². The predicted octanol–water partition coefficient (Wildman–Crippen LogP) is 2.22. The zero-order chi connectivity index (χ0) is 9.03. The molecule has 0 saturated heterocycles. The van der Waals surface area contributed by atoms with Crippen LogP contribution in [-0.4, -0.2) is 5.91 Å². The van der Waals surface area contributed by atoms with E-state index in [-0.39, 0.29) is 11.3 Å². The number of hydrogen-bond acceptors (Lipinski definition) is 1. The highest BCUT2D eigenvalue weighted by atomic mass is 16.1. The Bertz CT molecular complexity index is 157. The Kier molecular flexibility index (Phi) is 3.12. The molecule has 1 fully saturated rings. The van der Waals surface area contributed by atoms with E-state index >= 15 is 0 Å². The van der Waals surface area contributed by atoms with Crippen LogP contribution in [0.15, 0.2) is 0 Å². The van der Waals surface area contributed by atoms with Gasteiger partial charge in [-0.2, -0.15) is 0 Å². The second-order valence-corrected chi connectivity index (χ2v) is 3.91. The summed E-state index contributed by atoms with van der Waals surface area (Å²) in [6.45, 7) is 2.08. The summed E-state index contributed by atoms with van der Waals surface area (Å²) in [5, 5.41) is 0. The Morgan fingerprint density at radius 2 is 1.75 bits per heavy atom. The van der Waals surface area contributed by atoms with Crippen LogP contribution in [0, 0.1) is 5.41 Å². The van der Waals surface area contributed by atoms with Crippen molar-refractivity contribution in [2.24, 2.45) is 11.1 Å².